The van der Waals surface area contributed by atoms with Gasteiger partial charge in [0.05, 0.1) is 12.1 Å². The summed E-state index contributed by atoms with van der Waals surface area (Å²) in [5.41, 5.74) is 1.04. The van der Waals surface area contributed by atoms with Crippen molar-refractivity contribution in [1.29, 1.82) is 0 Å². The van der Waals surface area contributed by atoms with Gasteiger partial charge in [0.25, 0.3) is 0 Å². The maximum atomic E-state index is 11.9. The number of amides is 1. The molecule has 1 heterocycles. The largest absolute Gasteiger partial charge is 0.550 e. The van der Waals surface area contributed by atoms with Gasteiger partial charge in [0.1, 0.15) is 5.01 Å². The fourth-order valence-electron chi connectivity index (χ4n) is 1.75. The second-order valence-electron chi connectivity index (χ2n) is 4.44. The third-order valence-corrected chi connectivity index (χ3v) is 4.37. The van der Waals surface area contributed by atoms with Gasteiger partial charge in [0, 0.05) is 39.9 Å². The van der Waals surface area contributed by atoms with Crippen LogP contribution in [0.15, 0.2) is 23.6 Å². The molecule has 0 spiro atoms. The highest BCUT2D eigenvalue weighted by Crippen LogP contribution is 2.23. The molecule has 5 nitrogen and oxygen atoms in total. The Hall–Kier alpha value is -1.63. The van der Waals surface area contributed by atoms with Gasteiger partial charge in [-0.15, -0.1) is 11.3 Å². The number of aliphatic carboxylic acids is 1. The minimum absolute atomic E-state index is 0.0692. The monoisotopic (exact) mass is 357 g/mol. The highest BCUT2D eigenvalue weighted by Gasteiger charge is 2.10. The lowest BCUT2D eigenvalue weighted by atomic mass is 10.2. The quantitative estimate of drug-likeness (QED) is 0.851. The Bertz CT molecular complexity index is 683. The van der Waals surface area contributed by atoms with Crippen LogP contribution in [0, 0.1) is 0 Å². The fraction of sp³-hybridized carbons (Fsp3) is 0.214. The Kier molecular flexibility index (Phi) is 5.76. The summed E-state index contributed by atoms with van der Waals surface area (Å²) in [5.74, 6) is -1.44. The van der Waals surface area contributed by atoms with Crippen LogP contribution in [-0.2, 0) is 29.0 Å². The van der Waals surface area contributed by atoms with E-state index in [0.29, 0.717) is 26.3 Å². The van der Waals surface area contributed by atoms with E-state index >= 15 is 0 Å². The third kappa shape index (κ3) is 4.69. The second kappa shape index (κ2) is 7.58. The molecule has 0 saturated heterocycles. The molecule has 1 amide bonds. The van der Waals surface area contributed by atoms with E-state index in [0.717, 1.165) is 0 Å². The lowest BCUT2D eigenvalue weighted by molar-refractivity contribution is -0.304. The molecule has 1 aromatic heterocycles. The van der Waals surface area contributed by atoms with Crippen molar-refractivity contribution in [3.63, 3.8) is 0 Å². The molecule has 0 atom stereocenters. The van der Waals surface area contributed by atoms with Gasteiger partial charge in [0.15, 0.2) is 0 Å². The summed E-state index contributed by atoms with van der Waals surface area (Å²) >= 11 is 13.3. The van der Waals surface area contributed by atoms with Gasteiger partial charge < -0.3 is 15.2 Å². The van der Waals surface area contributed by atoms with Gasteiger partial charge in [-0.05, 0) is 12.1 Å². The molecule has 0 saturated carbocycles. The average molecular weight is 358 g/mol. The zero-order valence-electron chi connectivity index (χ0n) is 11.3. The number of aromatic nitrogens is 1. The molecular formula is C14H11Cl2N2O3S-. The van der Waals surface area contributed by atoms with Crippen molar-refractivity contribution in [2.75, 3.05) is 0 Å². The standard InChI is InChI=1S/C14H12Cl2N2O3S/c15-10-2-1-3-11(16)9(10)6-17-12(19)5-13-18-8(7-22-13)4-14(20)21/h1-3,7H,4-6H2,(H,17,19)(H,20,21)/p-1. The van der Waals surface area contributed by atoms with Gasteiger partial charge in [-0.1, -0.05) is 29.3 Å². The molecule has 0 unspecified atom stereocenters. The minimum Gasteiger partial charge on any atom is -0.550 e. The van der Waals surface area contributed by atoms with Crippen molar-refractivity contribution in [2.24, 2.45) is 0 Å². The number of carboxylic acids is 1. The van der Waals surface area contributed by atoms with E-state index in [9.17, 15) is 14.7 Å². The molecule has 2 rings (SSSR count). The fourth-order valence-corrected chi connectivity index (χ4v) is 3.07. The predicted molar refractivity (Wildman–Crippen MR) is 82.8 cm³/mol. The number of hydrogen-bond donors (Lipinski definition) is 1. The first kappa shape index (κ1) is 16.7. The smallest absolute Gasteiger partial charge is 0.227 e. The Morgan fingerprint density at radius 3 is 2.55 bits per heavy atom. The minimum atomic E-state index is -1.20. The molecule has 0 aliphatic carbocycles. The third-order valence-electron chi connectivity index (χ3n) is 2.76. The number of benzene rings is 1. The molecular weight excluding hydrogens is 347 g/mol. The van der Waals surface area contributed by atoms with Crippen LogP contribution in [0.2, 0.25) is 10.0 Å². The van der Waals surface area contributed by atoms with Crippen LogP contribution in [0.25, 0.3) is 0 Å². The normalized spacial score (nSPS) is 10.5. The molecule has 2 aromatic rings. The number of hydrogen-bond acceptors (Lipinski definition) is 5. The van der Waals surface area contributed by atoms with E-state index in [-0.39, 0.29) is 25.3 Å². The Balaban J connectivity index is 1.90. The molecule has 0 aliphatic heterocycles. The molecule has 0 aliphatic rings. The van der Waals surface area contributed by atoms with Gasteiger partial charge in [-0.2, -0.15) is 0 Å². The van der Waals surface area contributed by atoms with Gasteiger partial charge >= 0.3 is 0 Å². The van der Waals surface area contributed by atoms with Crippen LogP contribution in [0.5, 0.6) is 0 Å². The summed E-state index contributed by atoms with van der Waals surface area (Å²) in [4.78, 5) is 26.4. The van der Waals surface area contributed by atoms with Gasteiger partial charge in [0.2, 0.25) is 5.91 Å². The second-order valence-corrected chi connectivity index (χ2v) is 6.19. The molecule has 1 N–H and O–H groups in total. The Morgan fingerprint density at radius 2 is 1.91 bits per heavy atom. The van der Waals surface area contributed by atoms with Gasteiger partial charge in [-0.3, -0.25) is 4.79 Å². The number of carbonyl (C=O) groups is 2. The van der Waals surface area contributed by atoms with Crippen molar-refractivity contribution in [1.82, 2.24) is 10.3 Å². The summed E-state index contributed by atoms with van der Waals surface area (Å²) in [6.45, 7) is 0.217. The maximum absolute atomic E-state index is 11.9. The molecule has 0 fully saturated rings. The Labute approximate surface area is 140 Å². The predicted octanol–water partition coefficient (Wildman–Crippen LogP) is 1.60. The lowest BCUT2D eigenvalue weighted by Gasteiger charge is -2.08. The van der Waals surface area contributed by atoms with E-state index in [1.807, 2.05) is 0 Å². The highest BCUT2D eigenvalue weighted by atomic mass is 35.5. The average Bonchev–Trinajstić information content (AvgIpc) is 2.84. The first-order valence-electron chi connectivity index (χ1n) is 6.28. The molecule has 8 heteroatoms. The van der Waals surface area contributed by atoms with Crippen molar-refractivity contribution in [3.05, 3.63) is 49.9 Å². The highest BCUT2D eigenvalue weighted by molar-refractivity contribution is 7.09. The summed E-state index contributed by atoms with van der Waals surface area (Å²) in [5, 5.41) is 16.3. The number of nitrogens with one attached hydrogen (secondary N) is 1. The maximum Gasteiger partial charge on any atom is 0.227 e. The first-order chi connectivity index (χ1) is 10.5. The van der Waals surface area contributed by atoms with Crippen LogP contribution >= 0.6 is 34.5 Å². The zero-order chi connectivity index (χ0) is 16.1. The first-order valence-corrected chi connectivity index (χ1v) is 7.92. The van der Waals surface area contributed by atoms with E-state index in [1.165, 1.54) is 11.3 Å². The van der Waals surface area contributed by atoms with E-state index < -0.39 is 5.97 Å². The van der Waals surface area contributed by atoms with Crippen LogP contribution < -0.4 is 10.4 Å². The summed E-state index contributed by atoms with van der Waals surface area (Å²) < 4.78 is 0. The molecule has 1 aromatic carbocycles. The van der Waals surface area contributed by atoms with Crippen LogP contribution in [0.1, 0.15) is 16.3 Å². The van der Waals surface area contributed by atoms with Crippen molar-refractivity contribution < 1.29 is 14.7 Å². The summed E-state index contributed by atoms with van der Waals surface area (Å²) in [6.07, 6.45) is -0.187. The van der Waals surface area contributed by atoms with Crippen LogP contribution in [-0.4, -0.2) is 16.9 Å². The lowest BCUT2D eigenvalue weighted by Crippen LogP contribution is -2.25. The number of thiazole rings is 1. The molecule has 22 heavy (non-hydrogen) atoms. The van der Waals surface area contributed by atoms with E-state index in [4.69, 9.17) is 23.2 Å². The van der Waals surface area contributed by atoms with Crippen LogP contribution in [0.3, 0.4) is 0 Å². The van der Waals surface area contributed by atoms with E-state index in [1.54, 1.807) is 23.6 Å². The summed E-state index contributed by atoms with van der Waals surface area (Å²) in [7, 11) is 0. The zero-order valence-corrected chi connectivity index (χ0v) is 13.6. The number of nitrogens with zero attached hydrogens (tertiary/aromatic N) is 1. The van der Waals surface area contributed by atoms with Crippen molar-refractivity contribution in [2.45, 2.75) is 19.4 Å². The SMILES string of the molecule is O=C([O-])Cc1csc(CC(=O)NCc2c(Cl)cccc2Cl)n1. The van der Waals surface area contributed by atoms with Crippen LogP contribution in [0.4, 0.5) is 0 Å². The van der Waals surface area contributed by atoms with Gasteiger partial charge in [-0.25, -0.2) is 4.98 Å². The number of carbonyl (C=O) groups excluding carboxylic acids is 2. The molecule has 0 bridgehead atoms. The number of halogens is 2. The van der Waals surface area contributed by atoms with E-state index in [2.05, 4.69) is 10.3 Å². The topological polar surface area (TPSA) is 82.1 Å². The number of carboxylic acid groups (broad SMARTS) is 1. The molecule has 116 valence electrons. The molecule has 0 radical (unpaired) electrons. The summed E-state index contributed by atoms with van der Waals surface area (Å²) in [6, 6.07) is 5.12. The number of rotatable bonds is 6. The Morgan fingerprint density at radius 1 is 1.23 bits per heavy atom. The van der Waals surface area contributed by atoms with Crippen molar-refractivity contribution >= 4 is 46.4 Å². The van der Waals surface area contributed by atoms with Crippen molar-refractivity contribution in [3.8, 4) is 0 Å².